The maximum absolute atomic E-state index is 13.5. The Balaban J connectivity index is 0.000000277. The van der Waals surface area contributed by atoms with Gasteiger partial charge in [0.15, 0.2) is 11.4 Å². The van der Waals surface area contributed by atoms with Gasteiger partial charge in [-0.05, 0) is 148 Å². The van der Waals surface area contributed by atoms with E-state index in [2.05, 4.69) is 20.8 Å². The number of aromatic carboxylic acids is 1. The fraction of sp³-hybridized carbons (Fsp3) is 0.263. The first-order valence-electron chi connectivity index (χ1n) is 23.9. The standard InChI is InChI=1S/C29H28F3N3O3.C28H26F3N3O3.Na.H2O/c1-17(2)35-24-7-5-6-22(16-19-8-14-23(15-9-19)29(30,31)32)25(24)26(34-35)27(36)33-18(3)20-10-12-21(13-11-20)28(37)38-4;1-16(2)34-23-6-4-5-21(15-18-7-13-22(14-8-18)28(29,30)31)24(23)25(33-34)26(35)32-17(3)19-9-11-20(12-10-19)27(36)37;;/h5-15,17-18H,16H2,1-4H3,(H,33,36);4-14,16-17H,15H2,1-3H3,(H,32,35)(H,36,37);;1H2/q;;+1;/p-1/t18-;17-;;/m00../s1. The van der Waals surface area contributed by atoms with E-state index in [4.69, 9.17) is 9.84 Å². The maximum Gasteiger partial charge on any atom is 1.00 e. The number of hydrogen-bond donors (Lipinski definition) is 3. The van der Waals surface area contributed by atoms with E-state index in [-0.39, 0.29) is 76.0 Å². The monoisotopic (exact) mass is 1070 g/mol. The summed E-state index contributed by atoms with van der Waals surface area (Å²) < 4.78 is 86.2. The molecule has 13 nitrogen and oxygen atoms in total. The Morgan fingerprint density at radius 3 is 1.21 bits per heavy atom. The molecule has 0 aliphatic heterocycles. The number of methoxy groups -OCH3 is 1. The van der Waals surface area contributed by atoms with Crippen LogP contribution in [0.15, 0.2) is 133 Å². The number of nitrogens with one attached hydrogen (secondary N) is 2. The van der Waals surface area contributed by atoms with Crippen molar-refractivity contribution in [2.24, 2.45) is 0 Å². The van der Waals surface area contributed by atoms with Gasteiger partial charge in [-0.15, -0.1) is 0 Å². The Hall–Kier alpha value is -7.32. The minimum atomic E-state index is -4.41. The molecule has 4 N–H and O–H groups in total. The first-order valence-corrected chi connectivity index (χ1v) is 23.9. The van der Waals surface area contributed by atoms with E-state index in [1.165, 1.54) is 43.5 Å². The molecule has 0 aliphatic carbocycles. The quantitative estimate of drug-likeness (QED) is 0.0541. The maximum atomic E-state index is 13.5. The van der Waals surface area contributed by atoms with Crippen molar-refractivity contribution in [3.63, 3.8) is 0 Å². The summed E-state index contributed by atoms with van der Waals surface area (Å²) in [5.41, 5.74) is 5.57. The van der Waals surface area contributed by atoms with Crippen molar-refractivity contribution in [3.8, 4) is 0 Å². The van der Waals surface area contributed by atoms with Crippen LogP contribution in [0.3, 0.4) is 0 Å². The number of carbonyl (C=O) groups excluding carboxylic acids is 3. The first-order chi connectivity index (χ1) is 35.4. The molecule has 0 saturated heterocycles. The van der Waals surface area contributed by atoms with E-state index in [0.29, 0.717) is 40.3 Å². The van der Waals surface area contributed by atoms with Crippen molar-refractivity contribution in [2.75, 3.05) is 7.11 Å². The number of halogens is 6. The van der Waals surface area contributed by atoms with Crippen LogP contribution in [0.5, 0.6) is 0 Å². The fourth-order valence-electron chi connectivity index (χ4n) is 8.62. The first kappa shape index (κ1) is 60.5. The minimum absolute atomic E-state index is 0. The third-order valence-corrected chi connectivity index (χ3v) is 12.6. The molecule has 8 rings (SSSR count). The summed E-state index contributed by atoms with van der Waals surface area (Å²) in [6.07, 6.45) is -8.15. The number of benzene rings is 6. The number of aromatic nitrogens is 4. The van der Waals surface area contributed by atoms with Crippen LogP contribution in [0.4, 0.5) is 26.3 Å². The van der Waals surface area contributed by atoms with Gasteiger partial charge >= 0.3 is 53.8 Å². The normalized spacial score (nSPS) is 12.2. The Kier molecular flexibility index (Phi) is 19.8. The predicted octanol–water partition coefficient (Wildman–Crippen LogP) is 9.75. The largest absolute Gasteiger partial charge is 1.00 e. The van der Waals surface area contributed by atoms with Crippen LogP contribution >= 0.6 is 0 Å². The molecule has 0 unspecified atom stereocenters. The molecule has 2 amide bonds. The molecule has 77 heavy (non-hydrogen) atoms. The number of hydrogen-bond acceptors (Lipinski definition) is 8. The molecule has 20 heteroatoms. The zero-order valence-electron chi connectivity index (χ0n) is 43.4. The molecule has 0 spiro atoms. The number of rotatable bonds is 14. The van der Waals surface area contributed by atoms with Gasteiger partial charge in [0.25, 0.3) is 11.8 Å². The number of nitrogens with zero attached hydrogens (tertiary/aromatic N) is 4. The Labute approximate surface area is 462 Å². The summed E-state index contributed by atoms with van der Waals surface area (Å²) in [6, 6.07) is 33.3. The molecule has 2 atom stereocenters. The summed E-state index contributed by atoms with van der Waals surface area (Å²) >= 11 is 0. The number of fused-ring (bicyclic) bond motifs is 2. The Bertz CT molecular complexity index is 3360. The van der Waals surface area contributed by atoms with E-state index in [9.17, 15) is 45.5 Å². The second kappa shape index (κ2) is 25.2. The SMILES string of the molecule is CC(C)n1nc(C(=O)N[C@@H](C)c2ccc(C(=O)O)cc2)c2c(Cc3ccc(C(F)(F)F)cc3)cccc21.COC(=O)c1ccc([C@H](C)NC(=O)c2nn(C(C)C)c3cccc(Cc4ccc(C(F)(F)F)cc4)c23)cc1.[Na+].[OH-]. The van der Waals surface area contributed by atoms with Gasteiger partial charge in [-0.2, -0.15) is 36.5 Å². The number of amides is 2. The van der Waals surface area contributed by atoms with E-state index < -0.39 is 47.4 Å². The van der Waals surface area contributed by atoms with Crippen LogP contribution in [0.1, 0.15) is 152 Å². The summed E-state index contributed by atoms with van der Waals surface area (Å²) in [6.45, 7) is 11.4. The van der Waals surface area contributed by atoms with Crippen molar-refractivity contribution in [2.45, 2.75) is 90.9 Å². The van der Waals surface area contributed by atoms with Crippen LogP contribution in [0.2, 0.25) is 0 Å². The van der Waals surface area contributed by atoms with E-state index in [0.717, 1.165) is 57.6 Å². The van der Waals surface area contributed by atoms with Gasteiger partial charge in [-0.25, -0.2) is 9.59 Å². The second-order valence-electron chi connectivity index (χ2n) is 18.6. The van der Waals surface area contributed by atoms with Crippen molar-refractivity contribution >= 4 is 45.6 Å². The molecule has 2 aromatic heterocycles. The van der Waals surface area contributed by atoms with Crippen molar-refractivity contribution in [1.29, 1.82) is 0 Å². The number of carboxylic acids is 1. The molecule has 0 radical (unpaired) electrons. The number of carbonyl (C=O) groups is 4. The average Bonchev–Trinajstić information content (AvgIpc) is 3.98. The zero-order valence-corrected chi connectivity index (χ0v) is 45.4. The Morgan fingerprint density at radius 1 is 0.545 bits per heavy atom. The summed E-state index contributed by atoms with van der Waals surface area (Å²) in [5.74, 6) is -2.26. The van der Waals surface area contributed by atoms with Crippen LogP contribution in [0.25, 0.3) is 21.8 Å². The molecular formula is C57H55F6N6NaO7. The predicted molar refractivity (Wildman–Crippen MR) is 274 cm³/mol. The molecule has 8 aromatic rings. The van der Waals surface area contributed by atoms with Crippen molar-refractivity contribution < 1.29 is 90.4 Å². The Morgan fingerprint density at radius 2 is 0.896 bits per heavy atom. The second-order valence-corrected chi connectivity index (χ2v) is 18.6. The third-order valence-electron chi connectivity index (χ3n) is 12.6. The van der Waals surface area contributed by atoms with Gasteiger partial charge < -0.3 is 26.0 Å². The van der Waals surface area contributed by atoms with Crippen molar-refractivity contribution in [3.05, 3.63) is 200 Å². The zero-order chi connectivity index (χ0) is 54.5. The van der Waals surface area contributed by atoms with Gasteiger partial charge in [-0.1, -0.05) is 72.8 Å². The molecule has 2 heterocycles. The van der Waals surface area contributed by atoms with E-state index in [1.54, 1.807) is 52.7 Å². The van der Waals surface area contributed by atoms with Crippen LogP contribution < -0.4 is 40.2 Å². The summed E-state index contributed by atoms with van der Waals surface area (Å²) in [4.78, 5) is 49.7. The van der Waals surface area contributed by atoms with Crippen LogP contribution in [-0.2, 0) is 29.9 Å². The number of esters is 1. The minimum Gasteiger partial charge on any atom is -0.870 e. The summed E-state index contributed by atoms with van der Waals surface area (Å²) in [5, 5.41) is 25.5. The average molecular weight is 1070 g/mol. The molecule has 0 aliphatic rings. The third kappa shape index (κ3) is 14.2. The smallest absolute Gasteiger partial charge is 0.870 e. The molecule has 0 fully saturated rings. The van der Waals surface area contributed by atoms with E-state index in [1.807, 2.05) is 71.0 Å². The van der Waals surface area contributed by atoms with Gasteiger partial charge in [-0.3, -0.25) is 19.0 Å². The molecular weight excluding hydrogens is 1020 g/mol. The fourth-order valence-corrected chi connectivity index (χ4v) is 8.62. The van der Waals surface area contributed by atoms with Crippen molar-refractivity contribution in [1.82, 2.24) is 30.2 Å². The van der Waals surface area contributed by atoms with Gasteiger partial charge in [0, 0.05) is 22.9 Å². The van der Waals surface area contributed by atoms with Crippen LogP contribution in [0, 0.1) is 0 Å². The van der Waals surface area contributed by atoms with E-state index >= 15 is 0 Å². The molecule has 0 bridgehead atoms. The van der Waals surface area contributed by atoms with Gasteiger partial charge in [0.1, 0.15) is 0 Å². The molecule has 6 aromatic carbocycles. The van der Waals surface area contributed by atoms with Gasteiger partial charge in [0.05, 0.1) is 52.5 Å². The molecule has 398 valence electrons. The topological polar surface area (TPSA) is 187 Å². The number of ether oxygens (including phenoxy) is 1. The number of carboxylic acid groups (broad SMARTS) is 1. The molecule has 0 saturated carbocycles. The van der Waals surface area contributed by atoms with Gasteiger partial charge in [0.2, 0.25) is 0 Å². The summed E-state index contributed by atoms with van der Waals surface area (Å²) in [7, 11) is 1.31. The number of alkyl halides is 6. The van der Waals surface area contributed by atoms with Crippen LogP contribution in [-0.4, -0.2) is 61.0 Å².